The molecule has 2 N–H and O–H groups in total. The fourth-order valence-electron chi connectivity index (χ4n) is 3.53. The molecule has 0 bridgehead atoms. The van der Waals surface area contributed by atoms with Crippen LogP contribution in [-0.4, -0.2) is 22.2 Å². The van der Waals surface area contributed by atoms with Crippen molar-refractivity contribution in [2.75, 3.05) is 0 Å². The molecule has 0 spiro atoms. The first-order chi connectivity index (χ1) is 15.7. The Bertz CT molecular complexity index is 425. The fraction of sp³-hybridized carbons (Fsp3) is 0.862. The molecule has 0 saturated heterocycles. The molecule has 0 rings (SSSR count). The van der Waals surface area contributed by atoms with Crippen LogP contribution in [0.15, 0.2) is 12.7 Å². The van der Waals surface area contributed by atoms with Crippen LogP contribution >= 0.6 is 0 Å². The molecule has 0 aliphatic rings. The van der Waals surface area contributed by atoms with Gasteiger partial charge in [0.2, 0.25) is 0 Å². The van der Waals surface area contributed by atoms with Crippen molar-refractivity contribution >= 4 is 11.9 Å². The topological polar surface area (TPSA) is 74.6 Å². The highest BCUT2D eigenvalue weighted by molar-refractivity contribution is 5.66. The van der Waals surface area contributed by atoms with Gasteiger partial charge in [0, 0.05) is 12.8 Å². The highest BCUT2D eigenvalue weighted by Gasteiger charge is 2.06. The van der Waals surface area contributed by atoms with Crippen molar-refractivity contribution in [3.8, 4) is 0 Å². The largest absolute Gasteiger partial charge is 0.481 e. The second kappa shape index (κ2) is 25.3. The zero-order valence-electron chi connectivity index (χ0n) is 22.3. The molecule has 4 nitrogen and oxygen atoms in total. The lowest BCUT2D eigenvalue weighted by Crippen LogP contribution is -2.02. The minimum absolute atomic E-state index is 0.326. The second-order valence-electron chi connectivity index (χ2n) is 10.2. The van der Waals surface area contributed by atoms with Gasteiger partial charge in [0.15, 0.2) is 0 Å². The van der Waals surface area contributed by atoms with E-state index in [1.807, 2.05) is 6.08 Å². The molecule has 0 heterocycles. The van der Waals surface area contributed by atoms with Crippen molar-refractivity contribution in [3.63, 3.8) is 0 Å². The second-order valence-corrected chi connectivity index (χ2v) is 10.2. The molecule has 196 valence electrons. The minimum Gasteiger partial charge on any atom is -0.481 e. The maximum Gasteiger partial charge on any atom is 0.303 e. The molecule has 0 aromatic carbocycles. The molecule has 0 radical (unpaired) electrons. The van der Waals surface area contributed by atoms with Gasteiger partial charge in [0.1, 0.15) is 0 Å². The predicted molar refractivity (Wildman–Crippen MR) is 142 cm³/mol. The first-order valence-electron chi connectivity index (χ1n) is 13.8. The lowest BCUT2D eigenvalue weighted by molar-refractivity contribution is -0.138. The smallest absolute Gasteiger partial charge is 0.303 e. The highest BCUT2D eigenvalue weighted by atomic mass is 16.4. The maximum absolute atomic E-state index is 10.4. The van der Waals surface area contributed by atoms with Crippen molar-refractivity contribution in [1.82, 2.24) is 0 Å². The number of hydrogen-bond donors (Lipinski definition) is 2. The quantitative estimate of drug-likeness (QED) is 0.116. The Balaban J connectivity index is 0. The molecule has 33 heavy (non-hydrogen) atoms. The summed E-state index contributed by atoms with van der Waals surface area (Å²) >= 11 is 0. The van der Waals surface area contributed by atoms with Gasteiger partial charge in [-0.2, -0.15) is 0 Å². The van der Waals surface area contributed by atoms with E-state index in [0.717, 1.165) is 25.7 Å². The van der Waals surface area contributed by atoms with Crippen LogP contribution in [0.5, 0.6) is 0 Å². The Labute approximate surface area is 205 Å². The first-order valence-corrected chi connectivity index (χ1v) is 13.8. The third kappa shape index (κ3) is 32.9. The van der Waals surface area contributed by atoms with Crippen LogP contribution in [0.2, 0.25) is 0 Å². The first kappa shape index (κ1) is 33.9. The van der Waals surface area contributed by atoms with E-state index >= 15 is 0 Å². The zero-order valence-corrected chi connectivity index (χ0v) is 22.3. The van der Waals surface area contributed by atoms with Crippen molar-refractivity contribution in [3.05, 3.63) is 12.7 Å². The minimum atomic E-state index is -0.669. The number of unbranched alkanes of at least 4 members (excludes halogenated alkanes) is 17. The number of hydrogen-bond acceptors (Lipinski definition) is 2. The van der Waals surface area contributed by atoms with E-state index in [9.17, 15) is 9.59 Å². The number of carbonyl (C=O) groups is 2. The summed E-state index contributed by atoms with van der Waals surface area (Å²) in [6.07, 6.45) is 26.0. The summed E-state index contributed by atoms with van der Waals surface area (Å²) in [5.74, 6) is -1.34. The number of carboxylic acids is 2. The standard InChI is InChI=1S/C22H42O4.C7H14/c23-21(24)19-17-15-13-11-9-7-5-3-1-2-4-6-8-10-12-14-16-18-20-22(25)26;1-5-7(3,4)6-2/h1-20H2,(H,23,24)(H,25,26);5H,1,6H2,2-4H3. The third-order valence-electron chi connectivity index (χ3n) is 6.50. The van der Waals surface area contributed by atoms with Gasteiger partial charge in [0.25, 0.3) is 0 Å². The average Bonchev–Trinajstić information content (AvgIpc) is 2.77. The normalized spacial score (nSPS) is 11.0. The Morgan fingerprint density at radius 3 is 0.909 bits per heavy atom. The summed E-state index contributed by atoms with van der Waals surface area (Å²) < 4.78 is 0. The summed E-state index contributed by atoms with van der Waals surface area (Å²) in [5.41, 5.74) is 0.347. The van der Waals surface area contributed by atoms with Crippen LogP contribution in [0, 0.1) is 5.41 Å². The number of aliphatic carboxylic acids is 2. The van der Waals surface area contributed by atoms with Crippen LogP contribution in [0.3, 0.4) is 0 Å². The highest BCUT2D eigenvalue weighted by Crippen LogP contribution is 2.19. The predicted octanol–water partition coefficient (Wildman–Crippen LogP) is 9.57. The van der Waals surface area contributed by atoms with E-state index in [2.05, 4.69) is 27.4 Å². The van der Waals surface area contributed by atoms with E-state index in [1.165, 1.54) is 96.3 Å². The van der Waals surface area contributed by atoms with E-state index in [-0.39, 0.29) is 0 Å². The molecular formula is C29H56O4. The van der Waals surface area contributed by atoms with Gasteiger partial charge < -0.3 is 10.2 Å². The third-order valence-corrected chi connectivity index (χ3v) is 6.50. The molecule has 0 aliphatic heterocycles. The molecular weight excluding hydrogens is 412 g/mol. The van der Waals surface area contributed by atoms with Gasteiger partial charge in [-0.15, -0.1) is 6.58 Å². The summed E-state index contributed by atoms with van der Waals surface area (Å²) in [6.45, 7) is 10.2. The molecule has 0 amide bonds. The van der Waals surface area contributed by atoms with E-state index < -0.39 is 11.9 Å². The van der Waals surface area contributed by atoms with Crippen LogP contribution in [0.4, 0.5) is 0 Å². The summed E-state index contributed by atoms with van der Waals surface area (Å²) in [7, 11) is 0. The fourth-order valence-corrected chi connectivity index (χ4v) is 3.53. The number of allylic oxidation sites excluding steroid dienone is 1. The molecule has 0 fully saturated rings. The lowest BCUT2D eigenvalue weighted by atomic mass is 9.91. The van der Waals surface area contributed by atoms with Crippen molar-refractivity contribution in [2.24, 2.45) is 5.41 Å². The van der Waals surface area contributed by atoms with Crippen molar-refractivity contribution in [1.29, 1.82) is 0 Å². The maximum atomic E-state index is 10.4. The van der Waals surface area contributed by atoms with Crippen LogP contribution < -0.4 is 0 Å². The van der Waals surface area contributed by atoms with Gasteiger partial charge in [0.05, 0.1) is 0 Å². The lowest BCUT2D eigenvalue weighted by Gasteiger charge is -2.14. The monoisotopic (exact) mass is 468 g/mol. The Kier molecular flexibility index (Phi) is 26.0. The molecule has 0 aromatic rings. The Hall–Kier alpha value is -1.32. The zero-order chi connectivity index (χ0) is 25.2. The average molecular weight is 469 g/mol. The number of rotatable bonds is 23. The van der Waals surface area contributed by atoms with Crippen LogP contribution in [0.25, 0.3) is 0 Å². The summed E-state index contributed by atoms with van der Waals surface area (Å²) in [6, 6.07) is 0. The van der Waals surface area contributed by atoms with Gasteiger partial charge >= 0.3 is 11.9 Å². The summed E-state index contributed by atoms with van der Waals surface area (Å²) in [4.78, 5) is 20.8. The van der Waals surface area contributed by atoms with Gasteiger partial charge in [-0.1, -0.05) is 130 Å². The molecule has 0 aromatic heterocycles. The molecule has 0 saturated carbocycles. The van der Waals surface area contributed by atoms with Gasteiger partial charge in [-0.25, -0.2) is 0 Å². The van der Waals surface area contributed by atoms with E-state index in [1.54, 1.807) is 0 Å². The van der Waals surface area contributed by atoms with Gasteiger partial charge in [-0.3, -0.25) is 9.59 Å². The Morgan fingerprint density at radius 2 is 0.788 bits per heavy atom. The van der Waals surface area contributed by atoms with E-state index in [0.29, 0.717) is 18.3 Å². The number of carboxylic acid groups (broad SMARTS) is 2. The molecule has 0 aliphatic carbocycles. The van der Waals surface area contributed by atoms with Gasteiger partial charge in [-0.05, 0) is 24.7 Å². The SMILES string of the molecule is C=CC(C)(C)CC.O=C(O)CCCCCCCCCCCCCCCCCCCCC(=O)O. The van der Waals surface area contributed by atoms with Crippen molar-refractivity contribution < 1.29 is 19.8 Å². The van der Waals surface area contributed by atoms with E-state index in [4.69, 9.17) is 10.2 Å². The van der Waals surface area contributed by atoms with Crippen LogP contribution in [0.1, 0.15) is 156 Å². The molecule has 0 atom stereocenters. The van der Waals surface area contributed by atoms with Crippen LogP contribution in [-0.2, 0) is 9.59 Å². The Morgan fingerprint density at radius 1 is 0.576 bits per heavy atom. The molecule has 4 heteroatoms. The summed E-state index contributed by atoms with van der Waals surface area (Å²) in [5, 5.41) is 17.1. The van der Waals surface area contributed by atoms with Crippen molar-refractivity contribution in [2.45, 2.75) is 156 Å². The molecule has 0 unspecified atom stereocenters.